The summed E-state index contributed by atoms with van der Waals surface area (Å²) < 4.78 is 4.86. The zero-order chi connectivity index (χ0) is 6.69. The van der Waals surface area contributed by atoms with Gasteiger partial charge in [-0.15, -0.1) is 0 Å². The predicted molar refractivity (Wildman–Crippen MR) is 32.2 cm³/mol. The summed E-state index contributed by atoms with van der Waals surface area (Å²) in [5.74, 6) is 0.588. The van der Waals surface area contributed by atoms with Crippen LogP contribution in [0.4, 0.5) is 0 Å². The maximum absolute atomic E-state index is 4.86. The quantitative estimate of drug-likeness (QED) is 0.548. The third-order valence-electron chi connectivity index (χ3n) is 0.979. The van der Waals surface area contributed by atoms with Gasteiger partial charge in [0.05, 0.1) is 13.3 Å². The molecule has 0 N–H and O–H groups in total. The maximum Gasteiger partial charge on any atom is 0.219 e. The van der Waals surface area contributed by atoms with Gasteiger partial charge in [-0.25, -0.2) is 9.97 Å². The summed E-state index contributed by atoms with van der Waals surface area (Å²) in [6.07, 6.45) is 4.12. The minimum Gasteiger partial charge on any atom is -0.481 e. The first kappa shape index (κ1) is 6.01. The molecule has 0 aliphatic heterocycles. The summed E-state index contributed by atoms with van der Waals surface area (Å²) >= 11 is 0. The van der Waals surface area contributed by atoms with E-state index in [4.69, 9.17) is 4.74 Å². The Kier molecular flexibility index (Phi) is 1.63. The maximum atomic E-state index is 4.86. The third-order valence-corrected chi connectivity index (χ3v) is 0.979. The Morgan fingerprint density at radius 3 is 2.89 bits per heavy atom. The highest BCUT2D eigenvalue weighted by atomic mass is 16.5. The van der Waals surface area contributed by atoms with Crippen LogP contribution in [0.1, 0.15) is 5.56 Å². The van der Waals surface area contributed by atoms with Crippen molar-refractivity contribution < 1.29 is 4.74 Å². The van der Waals surface area contributed by atoms with Gasteiger partial charge in [0.1, 0.15) is 6.33 Å². The summed E-state index contributed by atoms with van der Waals surface area (Å²) in [5.41, 5.74) is 0.833. The molecule has 0 saturated heterocycles. The summed E-state index contributed by atoms with van der Waals surface area (Å²) in [4.78, 5) is 7.51. The Morgan fingerprint density at radius 2 is 2.44 bits per heavy atom. The van der Waals surface area contributed by atoms with Crippen molar-refractivity contribution in [3.63, 3.8) is 0 Å². The molecule has 0 spiro atoms. The van der Waals surface area contributed by atoms with Gasteiger partial charge < -0.3 is 4.74 Å². The fourth-order valence-corrected chi connectivity index (χ4v) is 0.557. The zero-order valence-corrected chi connectivity index (χ0v) is 5.38. The standard InChI is InChI=1S/C6H7N2O/c1-5-3-7-4-8-6(5)9-2/h4H,1-2H3. The first-order valence-corrected chi connectivity index (χ1v) is 2.58. The van der Waals surface area contributed by atoms with Crippen LogP contribution in [0.2, 0.25) is 0 Å². The van der Waals surface area contributed by atoms with Crippen molar-refractivity contribution in [3.05, 3.63) is 18.1 Å². The van der Waals surface area contributed by atoms with Crippen molar-refractivity contribution in [3.8, 4) is 5.88 Å². The minimum atomic E-state index is 0.588. The largest absolute Gasteiger partial charge is 0.481 e. The van der Waals surface area contributed by atoms with Crippen LogP contribution in [-0.2, 0) is 0 Å². The molecule has 0 amide bonds. The van der Waals surface area contributed by atoms with Crippen LogP contribution in [0.3, 0.4) is 0 Å². The van der Waals surface area contributed by atoms with E-state index in [-0.39, 0.29) is 0 Å². The van der Waals surface area contributed by atoms with Crippen LogP contribution >= 0.6 is 0 Å². The van der Waals surface area contributed by atoms with E-state index >= 15 is 0 Å². The third kappa shape index (κ3) is 1.16. The Hall–Kier alpha value is -1.12. The molecule has 0 atom stereocenters. The summed E-state index contributed by atoms with van der Waals surface area (Å²) in [6, 6.07) is 0. The van der Waals surface area contributed by atoms with Crippen LogP contribution in [0.25, 0.3) is 0 Å². The summed E-state index contributed by atoms with van der Waals surface area (Å²) in [6.45, 7) is 1.85. The molecule has 0 bridgehead atoms. The van der Waals surface area contributed by atoms with Crippen LogP contribution in [0, 0.1) is 13.1 Å². The Morgan fingerprint density at radius 1 is 1.67 bits per heavy atom. The molecule has 0 aliphatic carbocycles. The monoisotopic (exact) mass is 123 g/mol. The van der Waals surface area contributed by atoms with E-state index in [9.17, 15) is 0 Å². The van der Waals surface area contributed by atoms with E-state index in [1.54, 1.807) is 7.11 Å². The molecule has 1 rings (SSSR count). The first-order valence-electron chi connectivity index (χ1n) is 2.58. The topological polar surface area (TPSA) is 35.0 Å². The van der Waals surface area contributed by atoms with Gasteiger partial charge >= 0.3 is 0 Å². The number of rotatable bonds is 1. The number of aromatic nitrogens is 2. The van der Waals surface area contributed by atoms with Crippen LogP contribution in [-0.4, -0.2) is 17.1 Å². The van der Waals surface area contributed by atoms with Crippen molar-refractivity contribution in [1.82, 2.24) is 9.97 Å². The second kappa shape index (κ2) is 2.44. The second-order valence-electron chi connectivity index (χ2n) is 1.62. The highest BCUT2D eigenvalue weighted by Crippen LogP contribution is 2.07. The number of nitrogens with zero attached hydrogens (tertiary/aromatic N) is 2. The highest BCUT2D eigenvalue weighted by Gasteiger charge is 1.94. The Balaban J connectivity index is 3.01. The molecule has 1 aromatic rings. The highest BCUT2D eigenvalue weighted by molar-refractivity contribution is 5.18. The lowest BCUT2D eigenvalue weighted by atomic mass is 10.4. The molecule has 0 aromatic carbocycles. The fourth-order valence-electron chi connectivity index (χ4n) is 0.557. The molecule has 0 fully saturated rings. The lowest BCUT2D eigenvalue weighted by Crippen LogP contribution is -1.91. The average molecular weight is 123 g/mol. The normalized spacial score (nSPS) is 9.11. The molecule has 1 heterocycles. The van der Waals surface area contributed by atoms with Crippen LogP contribution in [0.15, 0.2) is 6.33 Å². The Labute approximate surface area is 53.7 Å². The second-order valence-corrected chi connectivity index (χ2v) is 1.62. The first-order chi connectivity index (χ1) is 4.34. The lowest BCUT2D eigenvalue weighted by Gasteiger charge is -1.97. The number of hydrogen-bond acceptors (Lipinski definition) is 3. The average Bonchev–Trinajstić information content (AvgIpc) is 1.89. The van der Waals surface area contributed by atoms with E-state index < -0.39 is 0 Å². The number of methoxy groups -OCH3 is 1. The van der Waals surface area contributed by atoms with Crippen molar-refractivity contribution in [1.29, 1.82) is 0 Å². The molecule has 3 nitrogen and oxygen atoms in total. The number of ether oxygens (including phenoxy) is 1. The lowest BCUT2D eigenvalue weighted by molar-refractivity contribution is 0.393. The van der Waals surface area contributed by atoms with Gasteiger partial charge in [-0.1, -0.05) is 0 Å². The van der Waals surface area contributed by atoms with E-state index in [2.05, 4.69) is 16.2 Å². The van der Waals surface area contributed by atoms with Gasteiger partial charge in [0, 0.05) is 5.56 Å². The molecule has 0 unspecified atom stereocenters. The molecule has 47 valence electrons. The van der Waals surface area contributed by atoms with Crippen molar-refractivity contribution in [2.45, 2.75) is 6.92 Å². The molecular weight excluding hydrogens is 116 g/mol. The predicted octanol–water partition coefficient (Wildman–Crippen LogP) is 0.594. The summed E-state index contributed by atoms with van der Waals surface area (Å²) in [5, 5.41) is 0. The van der Waals surface area contributed by atoms with Crippen molar-refractivity contribution in [2.75, 3.05) is 7.11 Å². The van der Waals surface area contributed by atoms with Crippen LogP contribution in [0.5, 0.6) is 5.88 Å². The molecule has 1 aromatic heterocycles. The Bertz CT molecular complexity index is 200. The molecule has 9 heavy (non-hydrogen) atoms. The van der Waals surface area contributed by atoms with Gasteiger partial charge in [-0.05, 0) is 6.92 Å². The van der Waals surface area contributed by atoms with E-state index in [1.807, 2.05) is 6.92 Å². The van der Waals surface area contributed by atoms with Gasteiger partial charge in [-0.2, -0.15) is 0 Å². The fraction of sp³-hybridized carbons (Fsp3) is 0.333. The van der Waals surface area contributed by atoms with Gasteiger partial charge in [0.25, 0.3) is 0 Å². The SMILES string of the molecule is COc1ncn[c]c1C. The van der Waals surface area contributed by atoms with Crippen LogP contribution < -0.4 is 4.74 Å². The van der Waals surface area contributed by atoms with Crippen molar-refractivity contribution >= 4 is 0 Å². The summed E-state index contributed by atoms with van der Waals surface area (Å²) in [7, 11) is 1.57. The van der Waals surface area contributed by atoms with Crippen molar-refractivity contribution in [2.24, 2.45) is 0 Å². The van der Waals surface area contributed by atoms with E-state index in [1.165, 1.54) is 6.33 Å². The van der Waals surface area contributed by atoms with Gasteiger partial charge in [0.2, 0.25) is 5.88 Å². The number of aryl methyl sites for hydroxylation is 1. The van der Waals surface area contributed by atoms with Gasteiger partial charge in [0.15, 0.2) is 0 Å². The molecule has 0 saturated carbocycles. The smallest absolute Gasteiger partial charge is 0.219 e. The molecular formula is C6H7N2O. The molecule has 3 heteroatoms. The van der Waals surface area contributed by atoms with E-state index in [0.29, 0.717) is 5.88 Å². The zero-order valence-electron chi connectivity index (χ0n) is 5.38. The van der Waals surface area contributed by atoms with Gasteiger partial charge in [-0.3, -0.25) is 0 Å². The number of hydrogen-bond donors (Lipinski definition) is 0. The molecule has 0 aliphatic rings. The van der Waals surface area contributed by atoms with E-state index in [0.717, 1.165) is 5.56 Å². The minimum absolute atomic E-state index is 0.588. The molecule has 1 radical (unpaired) electrons.